The minimum Gasteiger partial charge on any atom is -0.294 e. The van der Waals surface area contributed by atoms with Crippen molar-refractivity contribution in [2.75, 3.05) is 0 Å². The van der Waals surface area contributed by atoms with Crippen molar-refractivity contribution in [1.82, 2.24) is 0 Å². The van der Waals surface area contributed by atoms with E-state index in [1.165, 1.54) is 24.3 Å². The molecule has 152 valence electrons. The lowest BCUT2D eigenvalue weighted by atomic mass is 10.0. The lowest BCUT2D eigenvalue weighted by Gasteiger charge is -2.19. The molecular weight excluding hydrogens is 396 g/mol. The van der Waals surface area contributed by atoms with Gasteiger partial charge in [-0.25, -0.2) is 12.8 Å². The van der Waals surface area contributed by atoms with Crippen LogP contribution in [0.25, 0.3) is 0 Å². The molecule has 0 aliphatic rings. The third-order valence-corrected chi connectivity index (χ3v) is 6.85. The third-order valence-electron chi connectivity index (χ3n) is 4.27. The van der Waals surface area contributed by atoms with E-state index in [2.05, 4.69) is 0 Å². The first-order valence-electron chi connectivity index (χ1n) is 8.41. The normalized spacial score (nSPS) is 12.8. The highest BCUT2D eigenvalue weighted by molar-refractivity contribution is 7.91. The fourth-order valence-corrected chi connectivity index (χ4v) is 3.47. The van der Waals surface area contributed by atoms with Gasteiger partial charge in [0.2, 0.25) is 0 Å². The number of carbonyl (C=O) groups is 1. The number of ketones is 1. The number of sulfone groups is 1. The van der Waals surface area contributed by atoms with Crippen LogP contribution in [-0.2, 0) is 28.2 Å². The predicted octanol–water partition coefficient (Wildman–Crippen LogP) is 4.98. The van der Waals surface area contributed by atoms with E-state index in [1.54, 1.807) is 20.8 Å². The summed E-state index contributed by atoms with van der Waals surface area (Å²) in [6, 6.07) is 8.31. The number of Topliss-reactive ketones (excluding diaryl/α,β-unsaturated/α-hetero) is 1. The molecule has 0 saturated carbocycles. The van der Waals surface area contributed by atoms with E-state index >= 15 is 0 Å². The van der Waals surface area contributed by atoms with Crippen LogP contribution < -0.4 is 0 Å². The van der Waals surface area contributed by atoms with Crippen molar-refractivity contribution in [2.45, 2.75) is 43.9 Å². The molecule has 0 N–H and O–H groups in total. The zero-order chi connectivity index (χ0) is 21.3. The molecule has 0 fully saturated rings. The fourth-order valence-electron chi connectivity index (χ4n) is 2.41. The summed E-state index contributed by atoms with van der Waals surface area (Å²) in [7, 11) is -3.38. The summed E-state index contributed by atoms with van der Waals surface area (Å²) in [6.07, 6.45) is -5.17. The van der Waals surface area contributed by atoms with E-state index < -0.39 is 37.9 Å². The smallest absolute Gasteiger partial charge is 0.294 e. The van der Waals surface area contributed by atoms with Gasteiger partial charge in [-0.3, -0.25) is 4.79 Å². The second kappa shape index (κ2) is 7.66. The summed E-state index contributed by atoms with van der Waals surface area (Å²) in [4.78, 5) is 12.3. The first kappa shape index (κ1) is 22.1. The van der Waals surface area contributed by atoms with Gasteiger partial charge in [-0.15, -0.1) is 0 Å². The van der Waals surface area contributed by atoms with Crippen LogP contribution in [0.1, 0.15) is 47.8 Å². The first-order chi connectivity index (χ1) is 12.7. The highest BCUT2D eigenvalue weighted by Gasteiger charge is 2.34. The molecule has 0 radical (unpaired) electrons. The average molecular weight is 416 g/mol. The van der Waals surface area contributed by atoms with E-state index in [0.29, 0.717) is 17.7 Å². The van der Waals surface area contributed by atoms with Crippen LogP contribution in [0.15, 0.2) is 42.5 Å². The van der Waals surface area contributed by atoms with Gasteiger partial charge < -0.3 is 0 Å². The molecule has 0 aromatic heterocycles. The Kier molecular flexibility index (Phi) is 6.04. The molecule has 28 heavy (non-hydrogen) atoms. The van der Waals surface area contributed by atoms with Gasteiger partial charge >= 0.3 is 6.18 Å². The predicted molar refractivity (Wildman–Crippen MR) is 98.3 cm³/mol. The molecule has 0 aliphatic heterocycles. The number of rotatable bonds is 5. The van der Waals surface area contributed by atoms with Gasteiger partial charge in [0.05, 0.1) is 16.1 Å². The monoisotopic (exact) mass is 416 g/mol. The third kappa shape index (κ3) is 5.19. The summed E-state index contributed by atoms with van der Waals surface area (Å²) in [5.74, 6) is -2.03. The lowest BCUT2D eigenvalue weighted by Crippen LogP contribution is -2.29. The van der Waals surface area contributed by atoms with Crippen molar-refractivity contribution in [3.05, 3.63) is 70.5 Å². The summed E-state index contributed by atoms with van der Waals surface area (Å²) in [5.41, 5.74) is -0.638. The zero-order valence-electron chi connectivity index (χ0n) is 15.6. The maximum atomic E-state index is 13.3. The van der Waals surface area contributed by atoms with Crippen molar-refractivity contribution in [2.24, 2.45) is 0 Å². The second-order valence-corrected chi connectivity index (χ2v) is 10.2. The molecule has 0 atom stereocenters. The van der Waals surface area contributed by atoms with Crippen molar-refractivity contribution in [3.63, 3.8) is 0 Å². The number of hydrogen-bond donors (Lipinski definition) is 0. The summed E-state index contributed by atoms with van der Waals surface area (Å²) in [5, 5.41) is 0. The molecule has 0 aliphatic carbocycles. The van der Waals surface area contributed by atoms with Crippen LogP contribution in [-0.4, -0.2) is 18.9 Å². The first-order valence-corrected chi connectivity index (χ1v) is 10.1. The van der Waals surface area contributed by atoms with Crippen molar-refractivity contribution < 1.29 is 30.8 Å². The van der Waals surface area contributed by atoms with Gasteiger partial charge in [0.15, 0.2) is 15.6 Å². The highest BCUT2D eigenvalue weighted by atomic mass is 32.2. The Morgan fingerprint density at radius 1 is 0.929 bits per heavy atom. The number of benzene rings is 2. The van der Waals surface area contributed by atoms with Crippen molar-refractivity contribution >= 4 is 15.6 Å². The van der Waals surface area contributed by atoms with E-state index in [-0.39, 0.29) is 23.3 Å². The van der Waals surface area contributed by atoms with Gasteiger partial charge in [0.25, 0.3) is 0 Å². The van der Waals surface area contributed by atoms with E-state index in [9.17, 15) is 30.8 Å². The number of halogens is 4. The quantitative estimate of drug-likeness (QED) is 0.510. The second-order valence-electron chi connectivity index (χ2n) is 7.48. The maximum Gasteiger partial charge on any atom is 0.419 e. The minimum atomic E-state index is -4.84. The van der Waals surface area contributed by atoms with Gasteiger partial charge in [-0.2, -0.15) is 13.2 Å². The van der Waals surface area contributed by atoms with Gasteiger partial charge in [-0.05, 0) is 44.0 Å². The molecule has 3 nitrogen and oxygen atoms in total. The topological polar surface area (TPSA) is 51.2 Å². The molecule has 0 saturated heterocycles. The SMILES string of the molecule is CC(C)(C)S(=O)(=O)Cc1ccc(C(=O)Cc2ccc(F)c(C(F)(F)F)c2)cc1. The largest absolute Gasteiger partial charge is 0.419 e. The van der Waals surface area contributed by atoms with Crippen LogP contribution in [0.5, 0.6) is 0 Å². The van der Waals surface area contributed by atoms with Crippen LogP contribution in [0.3, 0.4) is 0 Å². The Labute approximate surface area is 161 Å². The van der Waals surface area contributed by atoms with Gasteiger partial charge in [0, 0.05) is 12.0 Å². The highest BCUT2D eigenvalue weighted by Crippen LogP contribution is 2.32. The molecule has 2 aromatic rings. The lowest BCUT2D eigenvalue weighted by molar-refractivity contribution is -0.140. The minimum absolute atomic E-state index is 0.0399. The van der Waals surface area contributed by atoms with Crippen LogP contribution in [0, 0.1) is 5.82 Å². The molecule has 0 unspecified atom stereocenters. The summed E-state index contributed by atoms with van der Waals surface area (Å²) in [6.45, 7) is 4.79. The molecular formula is C20H20F4O3S. The average Bonchev–Trinajstić information content (AvgIpc) is 2.54. The molecule has 2 rings (SSSR count). The van der Waals surface area contributed by atoms with Crippen LogP contribution in [0.4, 0.5) is 17.6 Å². The van der Waals surface area contributed by atoms with E-state index in [0.717, 1.165) is 6.07 Å². The number of carbonyl (C=O) groups excluding carboxylic acids is 1. The van der Waals surface area contributed by atoms with Crippen molar-refractivity contribution in [3.8, 4) is 0 Å². The number of hydrogen-bond acceptors (Lipinski definition) is 3. The summed E-state index contributed by atoms with van der Waals surface area (Å²) >= 11 is 0. The molecule has 8 heteroatoms. The standard InChI is InChI=1S/C20H20F4O3S/c1-19(2,3)28(26,27)12-13-4-7-15(8-5-13)18(25)11-14-6-9-17(21)16(10-14)20(22,23)24/h4-10H,11-12H2,1-3H3. The zero-order valence-corrected chi connectivity index (χ0v) is 16.4. The molecule has 0 heterocycles. The van der Waals surface area contributed by atoms with Crippen LogP contribution in [0.2, 0.25) is 0 Å². The van der Waals surface area contributed by atoms with E-state index in [1.807, 2.05) is 0 Å². The van der Waals surface area contributed by atoms with Gasteiger partial charge in [-0.1, -0.05) is 30.3 Å². The Balaban J connectivity index is 2.16. The van der Waals surface area contributed by atoms with E-state index in [4.69, 9.17) is 0 Å². The molecule has 0 amide bonds. The molecule has 0 bridgehead atoms. The Bertz CT molecular complexity index is 970. The Morgan fingerprint density at radius 3 is 1.96 bits per heavy atom. The Morgan fingerprint density at radius 2 is 1.46 bits per heavy atom. The van der Waals surface area contributed by atoms with Crippen molar-refractivity contribution in [1.29, 1.82) is 0 Å². The number of alkyl halides is 3. The summed E-state index contributed by atoms with van der Waals surface area (Å²) < 4.78 is 75.2. The Hall–Kier alpha value is -2.22. The van der Waals surface area contributed by atoms with Crippen LogP contribution >= 0.6 is 0 Å². The fraction of sp³-hybridized carbons (Fsp3) is 0.350. The molecule has 2 aromatic carbocycles. The van der Waals surface area contributed by atoms with Gasteiger partial charge in [0.1, 0.15) is 5.82 Å². The maximum absolute atomic E-state index is 13.3. The molecule has 0 spiro atoms.